The number of carbonyl (C=O) groups is 1. The minimum atomic E-state index is -0.574. The van der Waals surface area contributed by atoms with Gasteiger partial charge >= 0.3 is 5.97 Å². The average molecular weight is 205 g/mol. The van der Waals surface area contributed by atoms with E-state index in [0.717, 1.165) is 5.56 Å². The fourth-order valence-corrected chi connectivity index (χ4v) is 1.16. The molecule has 1 atom stereocenters. The molecule has 1 aromatic carbocycles. The molecule has 3 nitrogen and oxygen atoms in total. The average Bonchev–Trinajstić information content (AvgIpc) is 2.29. The number of carbonyl (C=O) groups excluding carboxylic acids is 1. The second kappa shape index (κ2) is 5.98. The maximum Gasteiger partial charge on any atom is 0.322 e. The van der Waals surface area contributed by atoms with Crippen LogP contribution in [0.2, 0.25) is 0 Å². The molecule has 3 heteroatoms. The first-order valence-corrected chi connectivity index (χ1v) is 4.79. The topological polar surface area (TPSA) is 52.3 Å². The van der Waals surface area contributed by atoms with Gasteiger partial charge in [-0.05, 0) is 12.0 Å². The monoisotopic (exact) mass is 205 g/mol. The Labute approximate surface area is 89.5 Å². The number of hydrogen-bond donors (Lipinski definition) is 1. The van der Waals surface area contributed by atoms with Gasteiger partial charge in [-0.15, -0.1) is 0 Å². The molecule has 0 fully saturated rings. The summed E-state index contributed by atoms with van der Waals surface area (Å²) >= 11 is 0. The standard InChI is InChI=1S/C12H15NO2/c1-15-12(14)11(13)9-5-8-10-6-3-2-4-7-10/h2-8,11H,9,13H2,1H3/b8-5+/t11-/m1/s1. The van der Waals surface area contributed by atoms with Gasteiger partial charge in [0, 0.05) is 0 Å². The SMILES string of the molecule is COC(=O)[C@H](N)C/C=C/c1ccccc1. The third-order valence-electron chi connectivity index (χ3n) is 2.00. The highest BCUT2D eigenvalue weighted by molar-refractivity contribution is 5.75. The maximum absolute atomic E-state index is 11.0. The zero-order valence-electron chi connectivity index (χ0n) is 8.72. The predicted molar refractivity (Wildman–Crippen MR) is 60.1 cm³/mol. The summed E-state index contributed by atoms with van der Waals surface area (Å²) < 4.78 is 4.52. The molecule has 1 rings (SSSR count). The summed E-state index contributed by atoms with van der Waals surface area (Å²) in [5.41, 5.74) is 6.66. The van der Waals surface area contributed by atoms with Crippen LogP contribution in [0.4, 0.5) is 0 Å². The van der Waals surface area contributed by atoms with Crippen molar-refractivity contribution < 1.29 is 9.53 Å². The molecule has 0 radical (unpaired) electrons. The Morgan fingerprint density at radius 3 is 2.73 bits per heavy atom. The Hall–Kier alpha value is -1.61. The molecule has 0 saturated heterocycles. The number of rotatable bonds is 4. The Morgan fingerprint density at radius 1 is 1.47 bits per heavy atom. The van der Waals surface area contributed by atoms with Crippen LogP contribution >= 0.6 is 0 Å². The quantitative estimate of drug-likeness (QED) is 0.759. The van der Waals surface area contributed by atoms with E-state index in [2.05, 4.69) is 4.74 Å². The van der Waals surface area contributed by atoms with Gasteiger partial charge in [0.2, 0.25) is 0 Å². The Kier molecular flexibility index (Phi) is 4.57. The number of ether oxygens (including phenoxy) is 1. The summed E-state index contributed by atoms with van der Waals surface area (Å²) in [4.78, 5) is 11.0. The smallest absolute Gasteiger partial charge is 0.322 e. The zero-order valence-corrected chi connectivity index (χ0v) is 8.72. The molecule has 80 valence electrons. The van der Waals surface area contributed by atoms with Crippen LogP contribution in [-0.4, -0.2) is 19.1 Å². The first-order chi connectivity index (χ1) is 7.24. The van der Waals surface area contributed by atoms with Crippen molar-refractivity contribution in [2.24, 2.45) is 5.73 Å². The fraction of sp³-hybridized carbons (Fsp3) is 0.250. The molecular formula is C12H15NO2. The lowest BCUT2D eigenvalue weighted by molar-refractivity contribution is -0.142. The van der Waals surface area contributed by atoms with Crippen LogP contribution in [0.15, 0.2) is 36.4 Å². The lowest BCUT2D eigenvalue weighted by Gasteiger charge is -2.04. The largest absolute Gasteiger partial charge is 0.468 e. The van der Waals surface area contributed by atoms with E-state index in [1.54, 1.807) is 0 Å². The summed E-state index contributed by atoms with van der Waals surface area (Å²) in [7, 11) is 1.34. The molecule has 0 aliphatic heterocycles. The zero-order chi connectivity index (χ0) is 11.1. The van der Waals surface area contributed by atoms with E-state index in [9.17, 15) is 4.79 Å². The van der Waals surface area contributed by atoms with Crippen molar-refractivity contribution >= 4 is 12.0 Å². The van der Waals surface area contributed by atoms with E-state index >= 15 is 0 Å². The van der Waals surface area contributed by atoms with Crippen LogP contribution in [0, 0.1) is 0 Å². The molecule has 15 heavy (non-hydrogen) atoms. The first-order valence-electron chi connectivity index (χ1n) is 4.79. The molecule has 0 bridgehead atoms. The van der Waals surface area contributed by atoms with Crippen molar-refractivity contribution in [3.63, 3.8) is 0 Å². The van der Waals surface area contributed by atoms with Gasteiger partial charge in [0.15, 0.2) is 0 Å². The summed E-state index contributed by atoms with van der Waals surface area (Å²) in [6, 6.07) is 9.27. The number of nitrogens with two attached hydrogens (primary N) is 1. The normalized spacial score (nSPS) is 12.7. The highest BCUT2D eigenvalue weighted by Gasteiger charge is 2.10. The third kappa shape index (κ3) is 3.95. The van der Waals surface area contributed by atoms with Crippen molar-refractivity contribution in [3.8, 4) is 0 Å². The van der Waals surface area contributed by atoms with Crippen molar-refractivity contribution in [2.75, 3.05) is 7.11 Å². The summed E-state index contributed by atoms with van der Waals surface area (Å²) in [6.45, 7) is 0. The number of hydrogen-bond acceptors (Lipinski definition) is 3. The van der Waals surface area contributed by atoms with Gasteiger partial charge < -0.3 is 10.5 Å². The lowest BCUT2D eigenvalue weighted by Crippen LogP contribution is -2.30. The van der Waals surface area contributed by atoms with Crippen LogP contribution in [0.3, 0.4) is 0 Å². The van der Waals surface area contributed by atoms with Gasteiger partial charge in [0.25, 0.3) is 0 Å². The van der Waals surface area contributed by atoms with Crippen molar-refractivity contribution in [1.29, 1.82) is 0 Å². The highest BCUT2D eigenvalue weighted by Crippen LogP contribution is 2.03. The molecule has 0 spiro atoms. The van der Waals surface area contributed by atoms with E-state index in [4.69, 9.17) is 5.73 Å². The van der Waals surface area contributed by atoms with Crippen LogP contribution in [0.25, 0.3) is 6.08 Å². The van der Waals surface area contributed by atoms with Crippen LogP contribution in [-0.2, 0) is 9.53 Å². The Morgan fingerprint density at radius 2 is 2.13 bits per heavy atom. The van der Waals surface area contributed by atoms with E-state index in [-0.39, 0.29) is 5.97 Å². The molecular weight excluding hydrogens is 190 g/mol. The van der Waals surface area contributed by atoms with Gasteiger partial charge in [-0.25, -0.2) is 0 Å². The summed E-state index contributed by atoms with van der Waals surface area (Å²) in [5, 5.41) is 0. The van der Waals surface area contributed by atoms with Gasteiger partial charge in [-0.3, -0.25) is 4.79 Å². The van der Waals surface area contributed by atoms with E-state index in [1.165, 1.54) is 7.11 Å². The van der Waals surface area contributed by atoms with Gasteiger partial charge in [-0.1, -0.05) is 42.5 Å². The molecule has 2 N–H and O–H groups in total. The molecule has 0 unspecified atom stereocenters. The minimum Gasteiger partial charge on any atom is -0.468 e. The molecule has 0 aliphatic carbocycles. The molecule has 0 aromatic heterocycles. The van der Waals surface area contributed by atoms with Crippen molar-refractivity contribution in [1.82, 2.24) is 0 Å². The molecule has 0 amide bonds. The summed E-state index contributed by atoms with van der Waals surface area (Å²) in [6.07, 6.45) is 4.29. The molecule has 0 saturated carbocycles. The highest BCUT2D eigenvalue weighted by atomic mass is 16.5. The van der Waals surface area contributed by atoms with E-state index in [0.29, 0.717) is 6.42 Å². The summed E-state index contributed by atoms with van der Waals surface area (Å²) in [5.74, 6) is -0.382. The Bertz CT molecular complexity index is 333. The Balaban J connectivity index is 2.43. The van der Waals surface area contributed by atoms with Gasteiger partial charge in [0.05, 0.1) is 7.11 Å². The van der Waals surface area contributed by atoms with Gasteiger partial charge in [-0.2, -0.15) is 0 Å². The fourth-order valence-electron chi connectivity index (χ4n) is 1.16. The second-order valence-corrected chi connectivity index (χ2v) is 3.18. The number of benzene rings is 1. The third-order valence-corrected chi connectivity index (χ3v) is 2.00. The van der Waals surface area contributed by atoms with Crippen LogP contribution < -0.4 is 5.73 Å². The van der Waals surface area contributed by atoms with Gasteiger partial charge in [0.1, 0.15) is 6.04 Å². The predicted octanol–water partition coefficient (Wildman–Crippen LogP) is 1.59. The molecule has 0 heterocycles. The van der Waals surface area contributed by atoms with E-state index < -0.39 is 6.04 Å². The number of esters is 1. The second-order valence-electron chi connectivity index (χ2n) is 3.18. The first kappa shape index (κ1) is 11.5. The van der Waals surface area contributed by atoms with Crippen molar-refractivity contribution in [3.05, 3.63) is 42.0 Å². The minimum absolute atomic E-state index is 0.382. The van der Waals surface area contributed by atoms with Crippen molar-refractivity contribution in [2.45, 2.75) is 12.5 Å². The molecule has 1 aromatic rings. The van der Waals surface area contributed by atoms with Crippen LogP contribution in [0.1, 0.15) is 12.0 Å². The number of methoxy groups -OCH3 is 1. The van der Waals surface area contributed by atoms with E-state index in [1.807, 2.05) is 42.5 Å². The lowest BCUT2D eigenvalue weighted by atomic mass is 10.1. The van der Waals surface area contributed by atoms with Crippen LogP contribution in [0.5, 0.6) is 0 Å². The maximum atomic E-state index is 11.0. The molecule has 0 aliphatic rings.